The largest absolute Gasteiger partial charge is 0.417 e. The monoisotopic (exact) mass is 340 g/mol. The van der Waals surface area contributed by atoms with Crippen molar-refractivity contribution in [2.24, 2.45) is 0 Å². The molecular formula is C14H8F4N4O2. The number of imide groups is 1. The summed E-state index contributed by atoms with van der Waals surface area (Å²) in [5.74, 6) is -1.07. The number of anilines is 1. The van der Waals surface area contributed by atoms with Gasteiger partial charge in [0.1, 0.15) is 19.3 Å². The van der Waals surface area contributed by atoms with Gasteiger partial charge in [-0.15, -0.1) is 0 Å². The average Bonchev–Trinajstić information content (AvgIpc) is 2.76. The summed E-state index contributed by atoms with van der Waals surface area (Å²) in [6.07, 6.45) is -4.88. The second-order valence-electron chi connectivity index (χ2n) is 4.75. The van der Waals surface area contributed by atoms with E-state index in [1.165, 1.54) is 6.07 Å². The second-order valence-corrected chi connectivity index (χ2v) is 4.75. The van der Waals surface area contributed by atoms with Crippen molar-refractivity contribution in [2.75, 3.05) is 18.1 Å². The fraction of sp³-hybridized carbons (Fsp3) is 0.286. The molecule has 1 saturated heterocycles. The lowest BCUT2D eigenvalue weighted by Crippen LogP contribution is -2.36. The first kappa shape index (κ1) is 17.2. The van der Waals surface area contributed by atoms with Crippen molar-refractivity contribution in [3.8, 4) is 12.1 Å². The van der Waals surface area contributed by atoms with Crippen LogP contribution < -0.4 is 4.90 Å². The number of rotatable bonds is 3. The number of amides is 3. The first-order valence-electron chi connectivity index (χ1n) is 6.45. The number of carbonyl (C=O) groups is 2. The minimum Gasteiger partial charge on any atom is -0.296 e. The molecule has 0 aromatic heterocycles. The van der Waals surface area contributed by atoms with Crippen molar-refractivity contribution in [3.05, 3.63) is 29.3 Å². The Bertz CT molecular complexity index is 778. The minimum atomic E-state index is -4.88. The summed E-state index contributed by atoms with van der Waals surface area (Å²) in [5, 5.41) is 17.4. The van der Waals surface area contributed by atoms with Crippen LogP contribution in [-0.4, -0.2) is 36.1 Å². The summed E-state index contributed by atoms with van der Waals surface area (Å²) in [6.45, 7) is -1.86. The summed E-state index contributed by atoms with van der Waals surface area (Å²) in [7, 11) is 0. The normalized spacial score (nSPS) is 17.8. The van der Waals surface area contributed by atoms with Gasteiger partial charge < -0.3 is 0 Å². The number of halogens is 4. The summed E-state index contributed by atoms with van der Waals surface area (Å²) in [6, 6.07) is 2.56. The van der Waals surface area contributed by atoms with Crippen LogP contribution in [0.1, 0.15) is 11.1 Å². The van der Waals surface area contributed by atoms with E-state index in [-0.39, 0.29) is 0 Å². The van der Waals surface area contributed by atoms with Gasteiger partial charge in [-0.2, -0.15) is 23.7 Å². The Hall–Kier alpha value is -3.14. The van der Waals surface area contributed by atoms with Crippen LogP contribution in [-0.2, 0) is 11.0 Å². The van der Waals surface area contributed by atoms with E-state index in [4.69, 9.17) is 10.5 Å². The van der Waals surface area contributed by atoms with Crippen LogP contribution in [0.25, 0.3) is 0 Å². The van der Waals surface area contributed by atoms with Crippen molar-refractivity contribution < 1.29 is 27.2 Å². The third-order valence-electron chi connectivity index (χ3n) is 3.39. The highest BCUT2D eigenvalue weighted by atomic mass is 19.4. The molecule has 0 aliphatic carbocycles. The van der Waals surface area contributed by atoms with Crippen LogP contribution in [0.2, 0.25) is 0 Å². The smallest absolute Gasteiger partial charge is 0.296 e. The van der Waals surface area contributed by atoms with Gasteiger partial charge in [0.2, 0.25) is 0 Å². The van der Waals surface area contributed by atoms with Gasteiger partial charge in [-0.3, -0.25) is 9.69 Å². The van der Waals surface area contributed by atoms with Gasteiger partial charge in [-0.1, -0.05) is 0 Å². The number of hydrogen-bond acceptors (Lipinski definition) is 4. The zero-order valence-corrected chi connectivity index (χ0v) is 11.8. The molecule has 0 spiro atoms. The van der Waals surface area contributed by atoms with Crippen LogP contribution in [0.5, 0.6) is 0 Å². The lowest BCUT2D eigenvalue weighted by molar-refractivity contribution is -0.137. The number of carbonyl (C=O) groups excluding carboxylic acids is 2. The molecule has 0 radical (unpaired) electrons. The maximum atomic E-state index is 13.0. The molecular weight excluding hydrogens is 332 g/mol. The van der Waals surface area contributed by atoms with Gasteiger partial charge in [-0.05, 0) is 18.2 Å². The molecule has 1 aliphatic rings. The predicted molar refractivity (Wildman–Crippen MR) is 71.1 cm³/mol. The third kappa shape index (κ3) is 2.74. The summed E-state index contributed by atoms with van der Waals surface area (Å²) in [4.78, 5) is 25.3. The Morgan fingerprint density at radius 3 is 2.38 bits per heavy atom. The van der Waals surface area contributed by atoms with E-state index in [1.807, 2.05) is 0 Å². The number of benzene rings is 1. The van der Waals surface area contributed by atoms with Crippen LogP contribution in [0.15, 0.2) is 18.2 Å². The number of urea groups is 1. The van der Waals surface area contributed by atoms with Gasteiger partial charge >= 0.3 is 12.2 Å². The number of nitrogens with zero attached hydrogens (tertiary/aromatic N) is 4. The van der Waals surface area contributed by atoms with Crippen LogP contribution in [0, 0.1) is 22.7 Å². The van der Waals surface area contributed by atoms with Crippen molar-refractivity contribution in [3.63, 3.8) is 0 Å². The van der Waals surface area contributed by atoms with Gasteiger partial charge in [0.15, 0.2) is 0 Å². The maximum absolute atomic E-state index is 13.0. The molecule has 24 heavy (non-hydrogen) atoms. The lowest BCUT2D eigenvalue weighted by atomic mass is 10.1. The topological polar surface area (TPSA) is 88.2 Å². The van der Waals surface area contributed by atoms with Gasteiger partial charge in [-0.25, -0.2) is 14.1 Å². The van der Waals surface area contributed by atoms with Crippen molar-refractivity contribution in [1.82, 2.24) is 4.90 Å². The molecule has 0 bridgehead atoms. The van der Waals surface area contributed by atoms with Crippen LogP contribution in [0.4, 0.5) is 28.0 Å². The zero-order chi connectivity index (χ0) is 18.1. The van der Waals surface area contributed by atoms with Gasteiger partial charge in [0.25, 0.3) is 5.91 Å². The Kier molecular flexibility index (Phi) is 4.42. The lowest BCUT2D eigenvalue weighted by Gasteiger charge is -2.17. The molecule has 1 fully saturated rings. The summed E-state index contributed by atoms with van der Waals surface area (Å²) >= 11 is 0. The quantitative estimate of drug-likeness (QED) is 0.479. The molecule has 124 valence electrons. The van der Waals surface area contributed by atoms with Gasteiger partial charge in [0.05, 0.1) is 29.0 Å². The van der Waals surface area contributed by atoms with E-state index in [2.05, 4.69) is 0 Å². The molecule has 6 nitrogen and oxygen atoms in total. The highest BCUT2D eigenvalue weighted by Gasteiger charge is 2.46. The molecule has 1 heterocycles. The molecule has 1 aromatic carbocycles. The summed E-state index contributed by atoms with van der Waals surface area (Å²) < 4.78 is 51.9. The van der Waals surface area contributed by atoms with Crippen molar-refractivity contribution >= 4 is 17.6 Å². The van der Waals surface area contributed by atoms with E-state index < -0.39 is 54.2 Å². The van der Waals surface area contributed by atoms with E-state index in [0.29, 0.717) is 15.9 Å². The molecule has 1 atom stereocenters. The Morgan fingerprint density at radius 1 is 1.21 bits per heavy atom. The number of alkyl halides is 4. The third-order valence-corrected chi connectivity index (χ3v) is 3.39. The molecule has 1 aromatic rings. The maximum Gasteiger partial charge on any atom is 0.417 e. The first-order chi connectivity index (χ1) is 11.3. The van der Waals surface area contributed by atoms with Crippen LogP contribution in [0.3, 0.4) is 0 Å². The second kappa shape index (κ2) is 6.16. The molecule has 2 rings (SSSR count). The van der Waals surface area contributed by atoms with Gasteiger partial charge in [0, 0.05) is 0 Å². The van der Waals surface area contributed by atoms with E-state index in [9.17, 15) is 27.2 Å². The zero-order valence-electron chi connectivity index (χ0n) is 11.8. The van der Waals surface area contributed by atoms with E-state index in [0.717, 1.165) is 12.1 Å². The molecule has 0 N–H and O–H groups in total. The Morgan fingerprint density at radius 2 is 1.88 bits per heavy atom. The minimum absolute atomic E-state index is 0.373. The molecule has 1 unspecified atom stereocenters. The first-order valence-corrected chi connectivity index (χ1v) is 6.45. The highest BCUT2D eigenvalue weighted by molar-refractivity contribution is 6.21. The van der Waals surface area contributed by atoms with Crippen molar-refractivity contribution in [2.45, 2.75) is 12.2 Å². The number of hydrogen-bond donors (Lipinski definition) is 0. The van der Waals surface area contributed by atoms with E-state index in [1.54, 1.807) is 6.07 Å². The summed E-state index contributed by atoms with van der Waals surface area (Å²) in [5.41, 5.74) is -2.45. The standard InChI is InChI=1S/C14H8F4N4O2/c15-6-11-12(23)22(13(24)21(11)4-3-19)9-2-1-8(7-20)10(5-9)14(16,17)18/h1-2,5,11H,4,6H2. The fourth-order valence-electron chi connectivity index (χ4n) is 2.28. The Labute approximate surface area is 133 Å². The molecule has 0 saturated carbocycles. The number of nitriles is 2. The SMILES string of the molecule is N#CCN1C(=O)N(c2ccc(C#N)c(C(F)(F)F)c2)C(=O)C1CF. The average molecular weight is 340 g/mol. The molecule has 3 amide bonds. The predicted octanol–water partition coefficient (Wildman–Crippen LogP) is 2.21. The molecule has 10 heteroatoms. The van der Waals surface area contributed by atoms with Crippen LogP contribution >= 0.6 is 0 Å². The molecule has 1 aliphatic heterocycles. The fourth-order valence-corrected chi connectivity index (χ4v) is 2.28. The highest BCUT2D eigenvalue weighted by Crippen LogP contribution is 2.35. The van der Waals surface area contributed by atoms with E-state index >= 15 is 0 Å². The Balaban J connectivity index is 2.53. The van der Waals surface area contributed by atoms with Crippen molar-refractivity contribution in [1.29, 1.82) is 10.5 Å².